The van der Waals surface area contributed by atoms with Gasteiger partial charge in [-0.2, -0.15) is 4.98 Å². The summed E-state index contributed by atoms with van der Waals surface area (Å²) in [5.74, 6) is 1.84. The van der Waals surface area contributed by atoms with Gasteiger partial charge in [-0.05, 0) is 31.9 Å². The van der Waals surface area contributed by atoms with Crippen LogP contribution in [-0.4, -0.2) is 23.9 Å². The number of hydrogen-bond donors (Lipinski definition) is 0. The third kappa shape index (κ3) is 2.33. The topological polar surface area (TPSA) is 57.4 Å². The Kier molecular flexibility index (Phi) is 3.21. The highest BCUT2D eigenvalue weighted by Gasteiger charge is 2.24. The molecule has 2 heterocycles. The number of methoxy groups -OCH3 is 1. The minimum atomic E-state index is -0.0583. The van der Waals surface area contributed by atoms with Crippen LogP contribution in [0, 0.1) is 6.92 Å². The van der Waals surface area contributed by atoms with Crippen molar-refractivity contribution in [1.29, 1.82) is 0 Å². The van der Waals surface area contributed by atoms with Crippen molar-refractivity contribution in [3.63, 3.8) is 0 Å². The maximum atomic E-state index is 5.54. The van der Waals surface area contributed by atoms with E-state index in [-0.39, 0.29) is 6.10 Å². The maximum Gasteiger partial charge on any atom is 0.256 e. The van der Waals surface area contributed by atoms with Crippen LogP contribution in [0.25, 0.3) is 11.4 Å². The number of hydrogen-bond acceptors (Lipinski definition) is 5. The van der Waals surface area contributed by atoms with Crippen LogP contribution in [0.4, 0.5) is 0 Å². The summed E-state index contributed by atoms with van der Waals surface area (Å²) in [5, 5.41) is 4.03. The van der Waals surface area contributed by atoms with Crippen molar-refractivity contribution in [2.75, 3.05) is 13.7 Å². The molecule has 5 heteroatoms. The van der Waals surface area contributed by atoms with Crippen molar-refractivity contribution in [2.45, 2.75) is 25.9 Å². The molecular formula is C14H16N2O3. The minimum Gasteiger partial charge on any atom is -0.496 e. The van der Waals surface area contributed by atoms with Gasteiger partial charge in [0.15, 0.2) is 0 Å². The second-order valence-corrected chi connectivity index (χ2v) is 4.66. The Morgan fingerprint density at radius 2 is 2.26 bits per heavy atom. The molecule has 0 spiro atoms. The second-order valence-electron chi connectivity index (χ2n) is 4.66. The molecule has 2 aromatic rings. The molecule has 1 unspecified atom stereocenters. The Bertz CT molecular complexity index is 574. The summed E-state index contributed by atoms with van der Waals surface area (Å²) >= 11 is 0. The van der Waals surface area contributed by atoms with E-state index >= 15 is 0 Å². The zero-order valence-electron chi connectivity index (χ0n) is 11.0. The fraction of sp³-hybridized carbons (Fsp3) is 0.429. The lowest BCUT2D eigenvalue weighted by Crippen LogP contribution is -1.96. The highest BCUT2D eigenvalue weighted by atomic mass is 16.5. The van der Waals surface area contributed by atoms with Gasteiger partial charge in [-0.15, -0.1) is 0 Å². The summed E-state index contributed by atoms with van der Waals surface area (Å²) in [6.07, 6.45) is 1.92. The molecule has 1 aromatic heterocycles. The molecule has 1 aromatic carbocycles. The van der Waals surface area contributed by atoms with Crippen LogP contribution >= 0.6 is 0 Å². The summed E-state index contributed by atoms with van der Waals surface area (Å²) in [5.41, 5.74) is 1.97. The highest BCUT2D eigenvalue weighted by molar-refractivity contribution is 5.64. The molecule has 1 aliphatic rings. The van der Waals surface area contributed by atoms with Gasteiger partial charge < -0.3 is 14.0 Å². The zero-order valence-corrected chi connectivity index (χ0v) is 11.0. The van der Waals surface area contributed by atoms with Gasteiger partial charge in [0.05, 0.1) is 12.7 Å². The average Bonchev–Trinajstić information content (AvgIpc) is 3.09. The summed E-state index contributed by atoms with van der Waals surface area (Å²) in [7, 11) is 1.63. The van der Waals surface area contributed by atoms with Gasteiger partial charge in [-0.1, -0.05) is 16.8 Å². The Morgan fingerprint density at radius 1 is 1.37 bits per heavy atom. The number of aromatic nitrogens is 2. The van der Waals surface area contributed by atoms with E-state index in [9.17, 15) is 0 Å². The van der Waals surface area contributed by atoms with E-state index in [1.54, 1.807) is 7.11 Å². The van der Waals surface area contributed by atoms with Crippen molar-refractivity contribution in [3.8, 4) is 17.1 Å². The van der Waals surface area contributed by atoms with E-state index in [0.29, 0.717) is 11.7 Å². The lowest BCUT2D eigenvalue weighted by Gasteiger charge is -2.05. The number of rotatable bonds is 3. The standard InChI is InChI=1S/C14H16N2O3/c1-9-5-6-11(17-2)10(8-9)13-15-14(19-16-13)12-4-3-7-18-12/h5-6,8,12H,3-4,7H2,1-2H3. The largest absolute Gasteiger partial charge is 0.496 e. The third-order valence-corrected chi connectivity index (χ3v) is 3.24. The summed E-state index contributed by atoms with van der Waals surface area (Å²) in [6.45, 7) is 2.78. The van der Waals surface area contributed by atoms with Crippen molar-refractivity contribution in [2.24, 2.45) is 0 Å². The lowest BCUT2D eigenvalue weighted by atomic mass is 10.1. The van der Waals surface area contributed by atoms with E-state index < -0.39 is 0 Å². The average molecular weight is 260 g/mol. The Morgan fingerprint density at radius 3 is 3.00 bits per heavy atom. The first-order valence-electron chi connectivity index (χ1n) is 6.38. The SMILES string of the molecule is COc1ccc(C)cc1-c1noc(C2CCCO2)n1. The predicted molar refractivity (Wildman–Crippen MR) is 69.0 cm³/mol. The fourth-order valence-electron chi connectivity index (χ4n) is 2.24. The molecule has 0 bridgehead atoms. The van der Waals surface area contributed by atoms with E-state index in [0.717, 1.165) is 36.3 Å². The summed E-state index contributed by atoms with van der Waals surface area (Å²) < 4.78 is 16.2. The van der Waals surface area contributed by atoms with Gasteiger partial charge in [-0.25, -0.2) is 0 Å². The quantitative estimate of drug-likeness (QED) is 0.849. The van der Waals surface area contributed by atoms with Gasteiger partial charge in [0.2, 0.25) is 5.82 Å². The summed E-state index contributed by atoms with van der Waals surface area (Å²) in [6, 6.07) is 5.89. The molecule has 3 rings (SSSR count). The van der Waals surface area contributed by atoms with Crippen LogP contribution in [0.2, 0.25) is 0 Å². The second kappa shape index (κ2) is 5.01. The van der Waals surface area contributed by atoms with E-state index in [1.165, 1.54) is 0 Å². The minimum absolute atomic E-state index is 0.0583. The summed E-state index contributed by atoms with van der Waals surface area (Å²) in [4.78, 5) is 4.43. The number of ether oxygens (including phenoxy) is 2. The number of benzene rings is 1. The maximum absolute atomic E-state index is 5.54. The van der Waals surface area contributed by atoms with E-state index in [1.807, 2.05) is 25.1 Å². The molecule has 0 N–H and O–H groups in total. The Balaban J connectivity index is 1.95. The molecule has 1 atom stereocenters. The third-order valence-electron chi connectivity index (χ3n) is 3.24. The Hall–Kier alpha value is -1.88. The molecule has 19 heavy (non-hydrogen) atoms. The van der Waals surface area contributed by atoms with Gasteiger partial charge >= 0.3 is 0 Å². The first kappa shape index (κ1) is 12.2. The molecule has 0 saturated carbocycles. The smallest absolute Gasteiger partial charge is 0.256 e. The molecule has 0 aliphatic carbocycles. The molecule has 1 fully saturated rings. The molecule has 0 radical (unpaired) electrons. The van der Waals surface area contributed by atoms with Crippen LogP contribution in [0.3, 0.4) is 0 Å². The van der Waals surface area contributed by atoms with Crippen LogP contribution in [0.1, 0.15) is 30.4 Å². The van der Waals surface area contributed by atoms with Crippen molar-refractivity contribution in [1.82, 2.24) is 10.1 Å². The van der Waals surface area contributed by atoms with Crippen molar-refractivity contribution in [3.05, 3.63) is 29.7 Å². The first-order chi connectivity index (χ1) is 9.28. The number of nitrogens with zero attached hydrogens (tertiary/aromatic N) is 2. The molecule has 5 nitrogen and oxygen atoms in total. The van der Waals surface area contributed by atoms with E-state index in [2.05, 4.69) is 10.1 Å². The highest BCUT2D eigenvalue weighted by Crippen LogP contribution is 2.32. The van der Waals surface area contributed by atoms with Crippen LogP contribution in [0.15, 0.2) is 22.7 Å². The van der Waals surface area contributed by atoms with Crippen LogP contribution in [-0.2, 0) is 4.74 Å². The van der Waals surface area contributed by atoms with Gasteiger partial charge in [0.1, 0.15) is 11.9 Å². The van der Waals surface area contributed by atoms with Crippen LogP contribution in [0.5, 0.6) is 5.75 Å². The van der Waals surface area contributed by atoms with Gasteiger partial charge in [0.25, 0.3) is 5.89 Å². The van der Waals surface area contributed by atoms with Gasteiger partial charge in [-0.3, -0.25) is 0 Å². The lowest BCUT2D eigenvalue weighted by molar-refractivity contribution is 0.0835. The molecule has 100 valence electrons. The first-order valence-corrected chi connectivity index (χ1v) is 6.38. The fourth-order valence-corrected chi connectivity index (χ4v) is 2.24. The molecule has 0 amide bonds. The predicted octanol–water partition coefficient (Wildman–Crippen LogP) is 2.91. The normalized spacial score (nSPS) is 18.7. The monoisotopic (exact) mass is 260 g/mol. The van der Waals surface area contributed by atoms with E-state index in [4.69, 9.17) is 14.0 Å². The molecular weight excluding hydrogens is 244 g/mol. The van der Waals surface area contributed by atoms with Crippen LogP contribution < -0.4 is 4.74 Å². The van der Waals surface area contributed by atoms with Gasteiger partial charge in [0, 0.05) is 6.61 Å². The molecule has 1 saturated heterocycles. The Labute approximate surface area is 111 Å². The zero-order chi connectivity index (χ0) is 13.2. The number of aryl methyl sites for hydroxylation is 1. The molecule has 1 aliphatic heterocycles. The van der Waals surface area contributed by atoms with Crippen molar-refractivity contribution >= 4 is 0 Å². The van der Waals surface area contributed by atoms with Crippen molar-refractivity contribution < 1.29 is 14.0 Å².